The molecule has 1 aromatic carbocycles. The van der Waals surface area contributed by atoms with Gasteiger partial charge in [0.05, 0.1) is 12.5 Å². The topological polar surface area (TPSA) is 26.3 Å². The molecule has 0 unspecified atom stereocenters. The molecule has 0 aliphatic carbocycles. The monoisotopic (exact) mass is 206 g/mol. The highest BCUT2D eigenvalue weighted by molar-refractivity contribution is 5.68. The smallest absolute Gasteiger partial charge is 0.130 e. The van der Waals surface area contributed by atoms with Crippen molar-refractivity contribution in [2.75, 3.05) is 7.11 Å². The van der Waals surface area contributed by atoms with Crippen LogP contribution < -0.4 is 4.74 Å². The summed E-state index contributed by atoms with van der Waals surface area (Å²) in [5, 5.41) is 0. The van der Waals surface area contributed by atoms with E-state index in [0.717, 1.165) is 30.4 Å². The predicted molar refractivity (Wildman–Crippen MR) is 61.3 cm³/mol. The third kappa shape index (κ3) is 2.20. The van der Waals surface area contributed by atoms with Crippen LogP contribution in [0.15, 0.2) is 24.3 Å². The van der Waals surface area contributed by atoms with Crippen LogP contribution in [0, 0.1) is 0 Å². The van der Waals surface area contributed by atoms with Crippen LogP contribution in [0.5, 0.6) is 5.75 Å². The Labute approximate surface area is 91.3 Å². The molecule has 2 nitrogen and oxygen atoms in total. The average molecular weight is 206 g/mol. The van der Waals surface area contributed by atoms with E-state index in [1.807, 2.05) is 38.1 Å². The lowest BCUT2D eigenvalue weighted by atomic mass is 9.77. The Bertz CT molecular complexity index is 327. The van der Waals surface area contributed by atoms with Gasteiger partial charge in [-0.1, -0.05) is 26.0 Å². The molecule has 15 heavy (non-hydrogen) atoms. The molecule has 0 aliphatic heterocycles. The molecule has 0 saturated carbocycles. The SMILES string of the molecule is CCC(C=O)(CC)c1cccc(OC)c1. The number of rotatable bonds is 5. The van der Waals surface area contributed by atoms with Gasteiger partial charge in [-0.15, -0.1) is 0 Å². The van der Waals surface area contributed by atoms with Crippen LogP contribution in [0.2, 0.25) is 0 Å². The molecule has 0 saturated heterocycles. The summed E-state index contributed by atoms with van der Waals surface area (Å²) in [5.41, 5.74) is 0.691. The van der Waals surface area contributed by atoms with Gasteiger partial charge in [-0.3, -0.25) is 0 Å². The van der Waals surface area contributed by atoms with Crippen LogP contribution in [0.3, 0.4) is 0 Å². The molecule has 0 aromatic heterocycles. The van der Waals surface area contributed by atoms with Crippen molar-refractivity contribution in [3.05, 3.63) is 29.8 Å². The van der Waals surface area contributed by atoms with Crippen molar-refractivity contribution in [1.29, 1.82) is 0 Å². The first-order valence-electron chi connectivity index (χ1n) is 5.33. The van der Waals surface area contributed by atoms with Gasteiger partial charge in [0.2, 0.25) is 0 Å². The highest BCUT2D eigenvalue weighted by Gasteiger charge is 2.27. The second kappa shape index (κ2) is 4.96. The number of carbonyl (C=O) groups is 1. The lowest BCUT2D eigenvalue weighted by Crippen LogP contribution is -2.26. The number of carbonyl (C=O) groups excluding carboxylic acids is 1. The van der Waals surface area contributed by atoms with Gasteiger partial charge in [0.15, 0.2) is 0 Å². The predicted octanol–water partition coefficient (Wildman–Crippen LogP) is 2.95. The third-order valence-corrected chi connectivity index (χ3v) is 3.13. The maximum Gasteiger partial charge on any atom is 0.130 e. The second-order valence-corrected chi connectivity index (χ2v) is 3.71. The number of benzene rings is 1. The van der Waals surface area contributed by atoms with E-state index in [-0.39, 0.29) is 5.41 Å². The molecule has 0 fully saturated rings. The van der Waals surface area contributed by atoms with E-state index in [2.05, 4.69) is 0 Å². The zero-order chi connectivity index (χ0) is 11.3. The molecule has 0 atom stereocenters. The second-order valence-electron chi connectivity index (χ2n) is 3.71. The van der Waals surface area contributed by atoms with Crippen LogP contribution >= 0.6 is 0 Å². The van der Waals surface area contributed by atoms with E-state index >= 15 is 0 Å². The van der Waals surface area contributed by atoms with E-state index < -0.39 is 0 Å². The molecule has 1 aromatic rings. The molecule has 1 rings (SSSR count). The average Bonchev–Trinajstić information content (AvgIpc) is 2.32. The minimum absolute atomic E-state index is 0.353. The first kappa shape index (κ1) is 11.8. The fourth-order valence-electron chi connectivity index (χ4n) is 1.83. The van der Waals surface area contributed by atoms with Gasteiger partial charge in [0, 0.05) is 0 Å². The summed E-state index contributed by atoms with van der Waals surface area (Å²) in [6.45, 7) is 4.08. The molecule has 82 valence electrons. The Hall–Kier alpha value is -1.31. The summed E-state index contributed by atoms with van der Waals surface area (Å²) in [6.07, 6.45) is 2.70. The number of methoxy groups -OCH3 is 1. The molecule has 0 aliphatic rings. The molecule has 0 bridgehead atoms. The zero-order valence-electron chi connectivity index (χ0n) is 9.62. The highest BCUT2D eigenvalue weighted by Crippen LogP contribution is 2.31. The molecule has 2 heteroatoms. The van der Waals surface area contributed by atoms with E-state index in [1.54, 1.807) is 7.11 Å². The van der Waals surface area contributed by atoms with Gasteiger partial charge in [0.1, 0.15) is 12.0 Å². The normalized spacial score (nSPS) is 11.1. The van der Waals surface area contributed by atoms with Gasteiger partial charge in [-0.2, -0.15) is 0 Å². The van der Waals surface area contributed by atoms with Gasteiger partial charge in [-0.25, -0.2) is 0 Å². The maximum absolute atomic E-state index is 11.2. The molecular formula is C13H18O2. The van der Waals surface area contributed by atoms with E-state index in [4.69, 9.17) is 4.74 Å². The fraction of sp³-hybridized carbons (Fsp3) is 0.462. The Balaban J connectivity index is 3.16. The third-order valence-electron chi connectivity index (χ3n) is 3.13. The zero-order valence-corrected chi connectivity index (χ0v) is 9.62. The van der Waals surface area contributed by atoms with E-state index in [1.165, 1.54) is 0 Å². The molecule has 0 N–H and O–H groups in total. The number of hydrogen-bond donors (Lipinski definition) is 0. The lowest BCUT2D eigenvalue weighted by molar-refractivity contribution is -0.112. The lowest BCUT2D eigenvalue weighted by Gasteiger charge is -2.25. The van der Waals surface area contributed by atoms with Crippen molar-refractivity contribution in [3.63, 3.8) is 0 Å². The summed E-state index contributed by atoms with van der Waals surface area (Å²) in [7, 11) is 1.64. The van der Waals surface area contributed by atoms with Crippen LogP contribution in [0.4, 0.5) is 0 Å². The summed E-state index contributed by atoms with van der Waals surface area (Å²) in [4.78, 5) is 11.2. The minimum Gasteiger partial charge on any atom is -0.497 e. The quantitative estimate of drug-likeness (QED) is 0.692. The van der Waals surface area contributed by atoms with Crippen LogP contribution in [-0.2, 0) is 10.2 Å². The first-order chi connectivity index (χ1) is 7.22. The van der Waals surface area contributed by atoms with Crippen LogP contribution in [-0.4, -0.2) is 13.4 Å². The molecule has 0 amide bonds. The summed E-state index contributed by atoms with van der Waals surface area (Å²) >= 11 is 0. The number of ether oxygens (including phenoxy) is 1. The van der Waals surface area contributed by atoms with Gasteiger partial charge in [0.25, 0.3) is 0 Å². The summed E-state index contributed by atoms with van der Waals surface area (Å²) in [6, 6.07) is 7.76. The number of hydrogen-bond acceptors (Lipinski definition) is 2. The standard InChI is InChI=1S/C13H18O2/c1-4-13(5-2,10-14)11-7-6-8-12(9-11)15-3/h6-10H,4-5H2,1-3H3. The van der Waals surface area contributed by atoms with Crippen molar-refractivity contribution >= 4 is 6.29 Å². The van der Waals surface area contributed by atoms with E-state index in [9.17, 15) is 4.79 Å². The molecule has 0 radical (unpaired) electrons. The van der Waals surface area contributed by atoms with Crippen molar-refractivity contribution in [2.45, 2.75) is 32.1 Å². The van der Waals surface area contributed by atoms with Crippen molar-refractivity contribution in [3.8, 4) is 5.75 Å². The Kier molecular flexibility index (Phi) is 3.89. The maximum atomic E-state index is 11.2. The van der Waals surface area contributed by atoms with Crippen molar-refractivity contribution in [2.24, 2.45) is 0 Å². The Morgan fingerprint density at radius 1 is 1.33 bits per heavy atom. The first-order valence-corrected chi connectivity index (χ1v) is 5.33. The Morgan fingerprint density at radius 2 is 2.00 bits per heavy atom. The molecule has 0 spiro atoms. The molecule has 0 heterocycles. The fourth-order valence-corrected chi connectivity index (χ4v) is 1.83. The van der Waals surface area contributed by atoms with Crippen molar-refractivity contribution < 1.29 is 9.53 Å². The van der Waals surface area contributed by atoms with Crippen LogP contribution in [0.25, 0.3) is 0 Å². The van der Waals surface area contributed by atoms with Crippen LogP contribution in [0.1, 0.15) is 32.3 Å². The minimum atomic E-state index is -0.353. The summed E-state index contributed by atoms with van der Waals surface area (Å²) < 4.78 is 5.17. The largest absolute Gasteiger partial charge is 0.497 e. The molecular weight excluding hydrogens is 188 g/mol. The van der Waals surface area contributed by atoms with Crippen molar-refractivity contribution in [1.82, 2.24) is 0 Å². The van der Waals surface area contributed by atoms with Gasteiger partial charge >= 0.3 is 0 Å². The van der Waals surface area contributed by atoms with Gasteiger partial charge < -0.3 is 9.53 Å². The summed E-state index contributed by atoms with van der Waals surface area (Å²) in [5.74, 6) is 0.806. The van der Waals surface area contributed by atoms with Gasteiger partial charge in [-0.05, 0) is 30.5 Å². The number of aldehydes is 1. The highest BCUT2D eigenvalue weighted by atomic mass is 16.5. The Morgan fingerprint density at radius 3 is 2.47 bits per heavy atom. The van der Waals surface area contributed by atoms with E-state index in [0.29, 0.717) is 0 Å².